The highest BCUT2D eigenvalue weighted by molar-refractivity contribution is 5.61. The van der Waals surface area contributed by atoms with Crippen molar-refractivity contribution in [3.8, 4) is 0 Å². The van der Waals surface area contributed by atoms with E-state index in [4.69, 9.17) is 27.1 Å². The Morgan fingerprint density at radius 1 is 1.00 bits per heavy atom. The van der Waals surface area contributed by atoms with E-state index in [0.29, 0.717) is 17.1 Å². The van der Waals surface area contributed by atoms with Crippen LogP contribution < -0.4 is 17.2 Å². The van der Waals surface area contributed by atoms with Crippen LogP contribution in [0.1, 0.15) is 0 Å². The quantitative estimate of drug-likeness (QED) is 0.325. The number of nitrogens with two attached hydrogens (primary N) is 3. The fourth-order valence-electron chi connectivity index (χ4n) is 0.702. The zero-order valence-electron chi connectivity index (χ0n) is 6.40. The lowest BCUT2D eigenvalue weighted by Gasteiger charge is -1.97. The van der Waals surface area contributed by atoms with Gasteiger partial charge in [-0.05, 0) is 18.2 Å². The topological polar surface area (TPSA) is 115 Å². The molecule has 0 amide bonds. The van der Waals surface area contributed by atoms with Gasteiger partial charge in [-0.1, -0.05) is 0 Å². The lowest BCUT2D eigenvalue weighted by molar-refractivity contribution is -0.122. The molecule has 0 atom stereocenters. The maximum Gasteiger partial charge on any atom is 0.290 e. The van der Waals surface area contributed by atoms with Gasteiger partial charge in [0.1, 0.15) is 0 Å². The monoisotopic (exact) mass is 169 g/mol. The van der Waals surface area contributed by atoms with Crippen molar-refractivity contribution < 1.29 is 9.90 Å². The van der Waals surface area contributed by atoms with Gasteiger partial charge in [0.25, 0.3) is 6.47 Å². The van der Waals surface area contributed by atoms with Crippen molar-refractivity contribution in [2.45, 2.75) is 0 Å². The summed E-state index contributed by atoms with van der Waals surface area (Å²) in [7, 11) is 0. The molecule has 1 aromatic carbocycles. The van der Waals surface area contributed by atoms with Gasteiger partial charge >= 0.3 is 0 Å². The van der Waals surface area contributed by atoms with Crippen molar-refractivity contribution in [1.82, 2.24) is 0 Å². The van der Waals surface area contributed by atoms with Gasteiger partial charge in [0, 0.05) is 17.1 Å². The van der Waals surface area contributed by atoms with Crippen LogP contribution in [-0.4, -0.2) is 11.6 Å². The van der Waals surface area contributed by atoms with Crippen LogP contribution in [0.3, 0.4) is 0 Å². The number of hydrogen-bond acceptors (Lipinski definition) is 4. The largest absolute Gasteiger partial charge is 0.483 e. The molecule has 0 unspecified atom stereocenters. The molecule has 0 aliphatic rings. The molecule has 0 bridgehead atoms. The molecule has 0 aromatic heterocycles. The maximum atomic E-state index is 8.36. The highest BCUT2D eigenvalue weighted by atomic mass is 16.3. The van der Waals surface area contributed by atoms with E-state index in [1.807, 2.05) is 0 Å². The summed E-state index contributed by atoms with van der Waals surface area (Å²) in [5, 5.41) is 6.89. The number of rotatable bonds is 0. The second-order valence-corrected chi connectivity index (χ2v) is 2.04. The van der Waals surface area contributed by atoms with Gasteiger partial charge in [-0.2, -0.15) is 0 Å². The highest BCUT2D eigenvalue weighted by Gasteiger charge is 1.89. The Balaban J connectivity index is 0.000000354. The van der Waals surface area contributed by atoms with Crippen molar-refractivity contribution in [1.29, 1.82) is 0 Å². The van der Waals surface area contributed by atoms with E-state index in [-0.39, 0.29) is 6.47 Å². The molecule has 1 aromatic rings. The average Bonchev–Trinajstić information content (AvgIpc) is 1.84. The summed E-state index contributed by atoms with van der Waals surface area (Å²) in [6, 6.07) is 4.99. The lowest BCUT2D eigenvalue weighted by Crippen LogP contribution is -1.93. The lowest BCUT2D eigenvalue weighted by atomic mass is 10.2. The van der Waals surface area contributed by atoms with Crippen molar-refractivity contribution in [2.75, 3.05) is 17.2 Å². The van der Waals surface area contributed by atoms with Crippen LogP contribution in [0.15, 0.2) is 18.2 Å². The molecule has 66 valence electrons. The number of benzene rings is 1. The standard InChI is InChI=1S/C6H9N3.CH2O2/c7-4-1-5(8)3-6(9)2-4;2-1-3/h1-3H,7-9H2;1H,(H,2,3). The first-order valence-corrected chi connectivity index (χ1v) is 3.09. The Morgan fingerprint density at radius 3 is 1.33 bits per heavy atom. The summed E-state index contributed by atoms with van der Waals surface area (Å²) >= 11 is 0. The molecule has 0 aliphatic carbocycles. The SMILES string of the molecule is Nc1cc(N)cc(N)c1.O=CO. The third-order valence-electron chi connectivity index (χ3n) is 1.00. The fraction of sp³-hybridized carbons (Fsp3) is 0. The Morgan fingerprint density at radius 2 is 1.17 bits per heavy atom. The number of anilines is 3. The number of hydrogen-bond donors (Lipinski definition) is 4. The van der Waals surface area contributed by atoms with E-state index in [1.165, 1.54) is 0 Å². The van der Waals surface area contributed by atoms with Crippen molar-refractivity contribution in [3.63, 3.8) is 0 Å². The number of carbonyl (C=O) groups is 1. The summed E-state index contributed by atoms with van der Waals surface area (Å²) in [6.45, 7) is -0.250. The Bertz CT molecular complexity index is 212. The Labute approximate surface area is 69.8 Å². The molecular weight excluding hydrogens is 158 g/mol. The minimum atomic E-state index is -0.250. The van der Waals surface area contributed by atoms with E-state index in [9.17, 15) is 0 Å². The van der Waals surface area contributed by atoms with Crippen LogP contribution in [-0.2, 0) is 4.79 Å². The minimum Gasteiger partial charge on any atom is -0.483 e. The maximum absolute atomic E-state index is 8.36. The molecule has 7 N–H and O–H groups in total. The van der Waals surface area contributed by atoms with Crippen LogP contribution in [0, 0.1) is 0 Å². The van der Waals surface area contributed by atoms with Crippen molar-refractivity contribution in [2.24, 2.45) is 0 Å². The molecule has 5 nitrogen and oxygen atoms in total. The Kier molecular flexibility index (Phi) is 4.07. The summed E-state index contributed by atoms with van der Waals surface area (Å²) in [5.41, 5.74) is 18.0. The molecular formula is C7H11N3O2. The van der Waals surface area contributed by atoms with E-state index in [1.54, 1.807) is 18.2 Å². The van der Waals surface area contributed by atoms with E-state index in [0.717, 1.165) is 0 Å². The molecule has 0 heterocycles. The van der Waals surface area contributed by atoms with Crippen LogP contribution >= 0.6 is 0 Å². The molecule has 12 heavy (non-hydrogen) atoms. The van der Waals surface area contributed by atoms with Crippen molar-refractivity contribution in [3.05, 3.63) is 18.2 Å². The molecule has 5 heteroatoms. The first-order valence-electron chi connectivity index (χ1n) is 3.09. The highest BCUT2D eigenvalue weighted by Crippen LogP contribution is 2.14. The Hall–Kier alpha value is -1.91. The second-order valence-electron chi connectivity index (χ2n) is 2.04. The van der Waals surface area contributed by atoms with Gasteiger partial charge in [-0.25, -0.2) is 0 Å². The first kappa shape index (κ1) is 10.1. The summed E-state index contributed by atoms with van der Waals surface area (Å²) in [5.74, 6) is 0. The summed E-state index contributed by atoms with van der Waals surface area (Å²) in [6.07, 6.45) is 0. The molecule has 1 rings (SSSR count). The van der Waals surface area contributed by atoms with Gasteiger partial charge in [-0.3, -0.25) is 4.79 Å². The minimum absolute atomic E-state index is 0.250. The van der Waals surface area contributed by atoms with E-state index >= 15 is 0 Å². The van der Waals surface area contributed by atoms with Gasteiger partial charge in [0.05, 0.1) is 0 Å². The van der Waals surface area contributed by atoms with Crippen LogP contribution in [0.2, 0.25) is 0 Å². The van der Waals surface area contributed by atoms with Crippen LogP contribution in [0.25, 0.3) is 0 Å². The predicted octanol–water partition coefficient (Wildman–Crippen LogP) is 0.134. The normalized spacial score (nSPS) is 8.00. The van der Waals surface area contributed by atoms with E-state index < -0.39 is 0 Å². The fourth-order valence-corrected chi connectivity index (χ4v) is 0.702. The number of carboxylic acid groups (broad SMARTS) is 1. The zero-order chi connectivity index (χ0) is 9.56. The molecule has 0 saturated carbocycles. The van der Waals surface area contributed by atoms with Crippen molar-refractivity contribution >= 4 is 23.5 Å². The molecule has 0 radical (unpaired) electrons. The third kappa shape index (κ3) is 3.99. The first-order chi connectivity index (χ1) is 5.60. The van der Waals surface area contributed by atoms with E-state index in [2.05, 4.69) is 0 Å². The van der Waals surface area contributed by atoms with Gasteiger partial charge in [0.2, 0.25) is 0 Å². The van der Waals surface area contributed by atoms with Gasteiger partial charge in [-0.15, -0.1) is 0 Å². The van der Waals surface area contributed by atoms with Crippen LogP contribution in [0.5, 0.6) is 0 Å². The van der Waals surface area contributed by atoms with Crippen LogP contribution in [0.4, 0.5) is 17.1 Å². The zero-order valence-corrected chi connectivity index (χ0v) is 6.40. The molecule has 0 aliphatic heterocycles. The molecule has 0 saturated heterocycles. The predicted molar refractivity (Wildman–Crippen MR) is 48.4 cm³/mol. The number of nitrogen functional groups attached to an aromatic ring is 3. The summed E-state index contributed by atoms with van der Waals surface area (Å²) in [4.78, 5) is 8.36. The molecule has 0 fully saturated rings. The van der Waals surface area contributed by atoms with Gasteiger partial charge < -0.3 is 22.3 Å². The smallest absolute Gasteiger partial charge is 0.290 e. The third-order valence-corrected chi connectivity index (χ3v) is 1.00. The van der Waals surface area contributed by atoms with Gasteiger partial charge in [0.15, 0.2) is 0 Å². The average molecular weight is 169 g/mol. The summed E-state index contributed by atoms with van der Waals surface area (Å²) < 4.78 is 0. The second kappa shape index (κ2) is 4.84. The molecule has 0 spiro atoms.